The molecule has 0 aliphatic heterocycles. The van der Waals surface area contributed by atoms with Gasteiger partial charge < -0.3 is 0 Å². The van der Waals surface area contributed by atoms with E-state index in [9.17, 15) is 0 Å². The minimum absolute atomic E-state index is 0.446. The van der Waals surface area contributed by atoms with E-state index in [4.69, 9.17) is 11.3 Å². The van der Waals surface area contributed by atoms with Crippen molar-refractivity contribution >= 4 is 0 Å². The molecule has 0 saturated heterocycles. The Labute approximate surface area is 126 Å². The van der Waals surface area contributed by atoms with Crippen molar-refractivity contribution in [2.45, 2.75) is 48.5 Å². The third-order valence-electron chi connectivity index (χ3n) is 2.10. The predicted molar refractivity (Wildman–Crippen MR) is 74.0 cm³/mol. The molecule has 0 rings (SSSR count). The van der Waals surface area contributed by atoms with Gasteiger partial charge in [0.05, 0.1) is 0 Å². The Morgan fingerprint density at radius 1 is 0.632 bits per heavy atom. The first-order valence-electron chi connectivity index (χ1n) is 7.37. The van der Waals surface area contributed by atoms with Gasteiger partial charge in [-0.25, -0.2) is 0 Å². The maximum absolute atomic E-state index is 5.98. The average molecular weight is 356 g/mol. The molecule has 0 unspecified atom stereocenters. The van der Waals surface area contributed by atoms with Crippen LogP contribution in [0, 0.1) is 17.8 Å². The molecule has 0 aliphatic carbocycles. The molecule has 0 atom stereocenters. The molecule has 0 spiro atoms. The Hall–Kier alpha value is 0.723. The van der Waals surface area contributed by atoms with E-state index in [0.717, 1.165) is 0 Å². The zero-order chi connectivity index (χ0) is 14.9. The van der Waals surface area contributed by atoms with Crippen molar-refractivity contribution in [2.75, 3.05) is 26.4 Å². The van der Waals surface area contributed by atoms with E-state index in [1.807, 2.05) is 6.92 Å². The van der Waals surface area contributed by atoms with Crippen LogP contribution in [0.4, 0.5) is 0 Å². The fraction of sp³-hybridized carbons (Fsp3) is 1.00. The quantitative estimate of drug-likeness (QED) is 0.564. The van der Waals surface area contributed by atoms with Crippen molar-refractivity contribution in [1.29, 1.82) is 0 Å². The second kappa shape index (κ2) is 10.4. The molecule has 0 N–H and O–H groups in total. The molecular weight excluding hydrogens is 323 g/mol. The molecule has 0 heterocycles. The zero-order valence-electron chi connectivity index (χ0n) is 13.7. The molecule has 0 fully saturated rings. The average Bonchev–Trinajstić information content (AvgIpc) is 2.31. The molecule has 116 valence electrons. The van der Waals surface area contributed by atoms with Crippen LogP contribution in [-0.4, -0.2) is 26.4 Å². The fourth-order valence-corrected chi connectivity index (χ4v) is 7.29. The SMILES string of the molecule is CC[O][Zr]([O]CC(C)C)([O]CC(C)C)[O]CC(C)C. The minimum atomic E-state index is -3.82. The van der Waals surface area contributed by atoms with Crippen LogP contribution < -0.4 is 0 Å². The van der Waals surface area contributed by atoms with Gasteiger partial charge in [0.2, 0.25) is 0 Å². The van der Waals surface area contributed by atoms with E-state index >= 15 is 0 Å². The van der Waals surface area contributed by atoms with Gasteiger partial charge in [0.15, 0.2) is 0 Å². The van der Waals surface area contributed by atoms with Gasteiger partial charge in [-0.05, 0) is 0 Å². The van der Waals surface area contributed by atoms with Crippen LogP contribution in [-0.2, 0) is 33.3 Å². The van der Waals surface area contributed by atoms with Gasteiger partial charge in [0.1, 0.15) is 0 Å². The summed E-state index contributed by atoms with van der Waals surface area (Å²) in [6.45, 7) is 17.1. The summed E-state index contributed by atoms with van der Waals surface area (Å²) in [5.74, 6) is 1.34. The van der Waals surface area contributed by atoms with Crippen LogP contribution in [0.2, 0.25) is 0 Å². The molecule has 5 heteroatoms. The summed E-state index contributed by atoms with van der Waals surface area (Å²) in [6, 6.07) is 0. The third kappa shape index (κ3) is 10.1. The maximum atomic E-state index is 5.98. The molecule has 0 aromatic heterocycles. The Balaban J connectivity index is 4.65. The van der Waals surface area contributed by atoms with Gasteiger partial charge in [0, 0.05) is 0 Å². The first kappa shape index (κ1) is 19.7. The second-order valence-electron chi connectivity index (χ2n) is 6.05. The van der Waals surface area contributed by atoms with Crippen molar-refractivity contribution in [2.24, 2.45) is 17.8 Å². The van der Waals surface area contributed by atoms with E-state index in [1.165, 1.54) is 0 Å². The molecule has 0 aromatic rings. The van der Waals surface area contributed by atoms with Crippen LogP contribution in [0.1, 0.15) is 48.5 Å². The van der Waals surface area contributed by atoms with Crippen molar-refractivity contribution in [3.05, 3.63) is 0 Å². The summed E-state index contributed by atoms with van der Waals surface area (Å²) in [7, 11) is 0. The number of hydrogen-bond acceptors (Lipinski definition) is 4. The summed E-state index contributed by atoms with van der Waals surface area (Å²) in [4.78, 5) is 0. The van der Waals surface area contributed by atoms with Crippen LogP contribution in [0.3, 0.4) is 0 Å². The van der Waals surface area contributed by atoms with Crippen molar-refractivity contribution in [3.63, 3.8) is 0 Å². The first-order valence-corrected chi connectivity index (χ1v) is 11.4. The monoisotopic (exact) mass is 354 g/mol. The van der Waals surface area contributed by atoms with Crippen molar-refractivity contribution in [1.82, 2.24) is 0 Å². The molecular formula is C14H32O4Zr. The van der Waals surface area contributed by atoms with E-state index in [0.29, 0.717) is 44.2 Å². The van der Waals surface area contributed by atoms with Crippen molar-refractivity contribution in [3.8, 4) is 0 Å². The summed E-state index contributed by atoms with van der Waals surface area (Å²) in [5.41, 5.74) is 0. The van der Waals surface area contributed by atoms with Crippen molar-refractivity contribution < 1.29 is 33.3 Å². The van der Waals surface area contributed by atoms with Gasteiger partial charge in [-0.2, -0.15) is 0 Å². The van der Waals surface area contributed by atoms with E-state index in [-0.39, 0.29) is 0 Å². The summed E-state index contributed by atoms with van der Waals surface area (Å²) in [6.07, 6.45) is 0. The van der Waals surface area contributed by atoms with E-state index < -0.39 is 22.0 Å². The van der Waals surface area contributed by atoms with Crippen LogP contribution in [0.25, 0.3) is 0 Å². The zero-order valence-corrected chi connectivity index (χ0v) is 16.2. The number of hydrogen-bond donors (Lipinski definition) is 0. The van der Waals surface area contributed by atoms with Gasteiger partial charge >= 0.3 is 126 Å². The number of rotatable bonds is 11. The van der Waals surface area contributed by atoms with Gasteiger partial charge in [0.25, 0.3) is 0 Å². The Morgan fingerprint density at radius 3 is 1.16 bits per heavy atom. The van der Waals surface area contributed by atoms with Gasteiger partial charge in [-0.15, -0.1) is 0 Å². The topological polar surface area (TPSA) is 36.9 Å². The summed E-state index contributed by atoms with van der Waals surface area (Å²) < 4.78 is 23.8. The Bertz CT molecular complexity index is 188. The van der Waals surface area contributed by atoms with Gasteiger partial charge in [-0.1, -0.05) is 0 Å². The van der Waals surface area contributed by atoms with E-state index in [2.05, 4.69) is 41.5 Å². The molecule has 0 saturated carbocycles. The summed E-state index contributed by atoms with van der Waals surface area (Å²) in [5, 5.41) is 0. The molecule has 0 radical (unpaired) electrons. The second-order valence-corrected chi connectivity index (χ2v) is 11.3. The molecule has 0 bridgehead atoms. The Kier molecular flexibility index (Phi) is 10.8. The standard InChI is InChI=1S/3C4H9O.C2H5O.Zr/c3*1-4(2)3-5;1-2-3;/h3*4H,3H2,1-2H3;2H2,1H3;/q4*-1;+4. The van der Waals surface area contributed by atoms with E-state index in [1.54, 1.807) is 0 Å². The Morgan fingerprint density at radius 2 is 0.947 bits per heavy atom. The van der Waals surface area contributed by atoms with Crippen LogP contribution in [0.5, 0.6) is 0 Å². The van der Waals surface area contributed by atoms with Gasteiger partial charge in [-0.3, -0.25) is 0 Å². The molecule has 0 aliphatic rings. The molecule has 19 heavy (non-hydrogen) atoms. The molecule has 0 aromatic carbocycles. The first-order chi connectivity index (χ1) is 8.81. The van der Waals surface area contributed by atoms with Crippen LogP contribution in [0.15, 0.2) is 0 Å². The fourth-order valence-electron chi connectivity index (χ4n) is 1.23. The predicted octanol–water partition coefficient (Wildman–Crippen LogP) is 3.85. The molecule has 4 nitrogen and oxygen atoms in total. The van der Waals surface area contributed by atoms with Crippen LogP contribution >= 0.6 is 0 Å². The third-order valence-corrected chi connectivity index (χ3v) is 7.52. The molecule has 0 amide bonds. The normalized spacial score (nSPS) is 12.9. The summed E-state index contributed by atoms with van der Waals surface area (Å²) >= 11 is -3.82.